The van der Waals surface area contributed by atoms with Crippen LogP contribution < -0.4 is 5.73 Å². The lowest BCUT2D eigenvalue weighted by Crippen LogP contribution is -2.55. The van der Waals surface area contributed by atoms with E-state index < -0.39 is 0 Å². The molecule has 1 spiro atoms. The van der Waals surface area contributed by atoms with Gasteiger partial charge in [-0.3, -0.25) is 0 Å². The van der Waals surface area contributed by atoms with Gasteiger partial charge in [0.2, 0.25) is 0 Å². The molecule has 0 bridgehead atoms. The molecule has 2 rings (SSSR count). The molecule has 0 amide bonds. The zero-order valence-electron chi connectivity index (χ0n) is 9.55. The minimum absolute atomic E-state index is 0.0178. The van der Waals surface area contributed by atoms with Crippen LogP contribution in [0.1, 0.15) is 26.7 Å². The van der Waals surface area contributed by atoms with E-state index in [4.69, 9.17) is 10.5 Å². The number of hydrogen-bond donors (Lipinski definition) is 1. The second-order valence-corrected chi connectivity index (χ2v) is 5.62. The van der Waals surface area contributed by atoms with Crippen molar-refractivity contribution >= 4 is 0 Å². The lowest BCUT2D eigenvalue weighted by molar-refractivity contribution is -0.0469. The molecule has 14 heavy (non-hydrogen) atoms. The SMILES string of the molecule is CN1CCC2(CC1)OCC(C)(C)[C@@H]2N. The summed E-state index contributed by atoms with van der Waals surface area (Å²) in [6.07, 6.45) is 2.18. The maximum absolute atomic E-state index is 6.32. The summed E-state index contributed by atoms with van der Waals surface area (Å²) >= 11 is 0. The summed E-state index contributed by atoms with van der Waals surface area (Å²) in [6.45, 7) is 7.47. The maximum Gasteiger partial charge on any atom is 0.0863 e. The van der Waals surface area contributed by atoms with Gasteiger partial charge in [-0.25, -0.2) is 0 Å². The average molecular weight is 198 g/mol. The highest BCUT2D eigenvalue weighted by molar-refractivity contribution is 5.06. The predicted octanol–water partition coefficient (Wildman–Crippen LogP) is 0.835. The van der Waals surface area contributed by atoms with Crippen LogP contribution in [-0.4, -0.2) is 43.3 Å². The highest BCUT2D eigenvalue weighted by Crippen LogP contribution is 2.43. The monoisotopic (exact) mass is 198 g/mol. The Labute approximate surface area is 86.6 Å². The van der Waals surface area contributed by atoms with Crippen LogP contribution in [0.4, 0.5) is 0 Å². The van der Waals surface area contributed by atoms with Gasteiger partial charge in [-0.05, 0) is 19.9 Å². The first-order valence-corrected chi connectivity index (χ1v) is 5.54. The minimum atomic E-state index is -0.0178. The van der Waals surface area contributed by atoms with Crippen LogP contribution in [0.3, 0.4) is 0 Å². The summed E-state index contributed by atoms with van der Waals surface area (Å²) in [5.74, 6) is 0. The van der Waals surface area contributed by atoms with Gasteiger partial charge in [-0.1, -0.05) is 13.8 Å². The summed E-state index contributed by atoms with van der Waals surface area (Å²) in [6, 6.07) is 0.198. The molecule has 0 aliphatic carbocycles. The Morgan fingerprint density at radius 2 is 1.86 bits per heavy atom. The molecule has 3 heteroatoms. The van der Waals surface area contributed by atoms with Gasteiger partial charge in [0, 0.05) is 24.5 Å². The van der Waals surface area contributed by atoms with Crippen LogP contribution in [0.5, 0.6) is 0 Å². The van der Waals surface area contributed by atoms with Crippen molar-refractivity contribution in [1.82, 2.24) is 4.90 Å². The highest BCUT2D eigenvalue weighted by Gasteiger charge is 2.52. The van der Waals surface area contributed by atoms with E-state index in [-0.39, 0.29) is 17.1 Å². The van der Waals surface area contributed by atoms with Crippen molar-refractivity contribution < 1.29 is 4.74 Å². The van der Waals surface area contributed by atoms with Crippen molar-refractivity contribution in [1.29, 1.82) is 0 Å². The van der Waals surface area contributed by atoms with Crippen molar-refractivity contribution in [3.05, 3.63) is 0 Å². The van der Waals surface area contributed by atoms with Crippen molar-refractivity contribution in [2.24, 2.45) is 11.1 Å². The molecule has 0 unspecified atom stereocenters. The number of nitrogens with zero attached hydrogens (tertiary/aromatic N) is 1. The van der Waals surface area contributed by atoms with Crippen LogP contribution in [0.2, 0.25) is 0 Å². The minimum Gasteiger partial charge on any atom is -0.373 e. The quantitative estimate of drug-likeness (QED) is 0.626. The summed E-state index contributed by atoms with van der Waals surface area (Å²) in [5, 5.41) is 0. The zero-order chi connectivity index (χ0) is 10.4. The van der Waals surface area contributed by atoms with Gasteiger partial charge in [0.05, 0.1) is 12.2 Å². The smallest absolute Gasteiger partial charge is 0.0863 e. The van der Waals surface area contributed by atoms with Gasteiger partial charge in [0.1, 0.15) is 0 Å². The number of nitrogens with two attached hydrogens (primary N) is 1. The number of rotatable bonds is 0. The van der Waals surface area contributed by atoms with Crippen molar-refractivity contribution in [2.45, 2.75) is 38.3 Å². The standard InChI is InChI=1S/C11H22N2O/c1-10(2)8-14-11(9(10)12)4-6-13(3)7-5-11/h9H,4-8,12H2,1-3H3/t9-/m0/s1. The molecule has 3 nitrogen and oxygen atoms in total. The Hall–Kier alpha value is -0.120. The zero-order valence-corrected chi connectivity index (χ0v) is 9.55. The molecule has 2 N–H and O–H groups in total. The van der Waals surface area contributed by atoms with E-state index in [0.717, 1.165) is 32.5 Å². The summed E-state index contributed by atoms with van der Waals surface area (Å²) < 4.78 is 6.01. The largest absolute Gasteiger partial charge is 0.373 e. The summed E-state index contributed by atoms with van der Waals surface area (Å²) in [5.41, 5.74) is 6.46. The third-order valence-electron chi connectivity index (χ3n) is 3.97. The van der Waals surface area contributed by atoms with E-state index in [0.29, 0.717) is 0 Å². The molecule has 2 aliphatic rings. The lowest BCUT2D eigenvalue weighted by Gasteiger charge is -2.41. The molecular weight excluding hydrogens is 176 g/mol. The van der Waals surface area contributed by atoms with Gasteiger partial charge < -0.3 is 15.4 Å². The van der Waals surface area contributed by atoms with E-state index in [2.05, 4.69) is 25.8 Å². The van der Waals surface area contributed by atoms with Gasteiger partial charge in [0.25, 0.3) is 0 Å². The average Bonchev–Trinajstić information content (AvgIpc) is 2.36. The Morgan fingerprint density at radius 3 is 2.29 bits per heavy atom. The van der Waals surface area contributed by atoms with Crippen molar-refractivity contribution in [3.63, 3.8) is 0 Å². The van der Waals surface area contributed by atoms with Crippen LogP contribution >= 0.6 is 0 Å². The maximum atomic E-state index is 6.32. The third kappa shape index (κ3) is 1.47. The molecular formula is C11H22N2O. The van der Waals surface area contributed by atoms with E-state index in [1.54, 1.807) is 0 Å². The highest BCUT2D eigenvalue weighted by atomic mass is 16.5. The number of piperidine rings is 1. The Kier molecular flexibility index (Phi) is 2.37. The molecule has 0 aromatic carbocycles. The predicted molar refractivity (Wildman–Crippen MR) is 57.2 cm³/mol. The fourth-order valence-corrected chi connectivity index (χ4v) is 2.67. The number of ether oxygens (including phenoxy) is 1. The first-order valence-electron chi connectivity index (χ1n) is 5.54. The van der Waals surface area contributed by atoms with E-state index >= 15 is 0 Å². The van der Waals surface area contributed by atoms with Crippen LogP contribution in [0.25, 0.3) is 0 Å². The van der Waals surface area contributed by atoms with Gasteiger partial charge >= 0.3 is 0 Å². The lowest BCUT2D eigenvalue weighted by atomic mass is 9.75. The van der Waals surface area contributed by atoms with E-state index in [9.17, 15) is 0 Å². The molecule has 82 valence electrons. The van der Waals surface area contributed by atoms with Crippen LogP contribution in [0, 0.1) is 5.41 Å². The number of likely N-dealkylation sites (tertiary alicyclic amines) is 1. The molecule has 2 heterocycles. The third-order valence-corrected chi connectivity index (χ3v) is 3.97. The Balaban J connectivity index is 2.11. The first-order chi connectivity index (χ1) is 6.46. The van der Waals surface area contributed by atoms with Gasteiger partial charge in [-0.15, -0.1) is 0 Å². The Bertz CT molecular complexity index is 219. The second kappa shape index (κ2) is 3.19. The molecule has 1 atom stereocenters. The molecule has 2 aliphatic heterocycles. The molecule has 0 aromatic heterocycles. The van der Waals surface area contributed by atoms with E-state index in [1.165, 1.54) is 0 Å². The molecule has 0 radical (unpaired) electrons. The number of hydrogen-bond acceptors (Lipinski definition) is 3. The molecule has 2 saturated heterocycles. The van der Waals surface area contributed by atoms with E-state index in [1.807, 2.05) is 0 Å². The fraction of sp³-hybridized carbons (Fsp3) is 1.00. The fourth-order valence-electron chi connectivity index (χ4n) is 2.67. The van der Waals surface area contributed by atoms with Gasteiger partial charge in [0.15, 0.2) is 0 Å². The van der Waals surface area contributed by atoms with Crippen LogP contribution in [0.15, 0.2) is 0 Å². The van der Waals surface area contributed by atoms with Gasteiger partial charge in [-0.2, -0.15) is 0 Å². The second-order valence-electron chi connectivity index (χ2n) is 5.62. The topological polar surface area (TPSA) is 38.5 Å². The van der Waals surface area contributed by atoms with Crippen molar-refractivity contribution in [3.8, 4) is 0 Å². The molecule has 0 saturated carbocycles. The first kappa shape index (κ1) is 10.4. The Morgan fingerprint density at radius 1 is 1.29 bits per heavy atom. The van der Waals surface area contributed by atoms with Crippen LogP contribution in [-0.2, 0) is 4.74 Å². The summed E-state index contributed by atoms with van der Waals surface area (Å²) in [4.78, 5) is 2.35. The molecule has 0 aromatic rings. The summed E-state index contributed by atoms with van der Waals surface area (Å²) in [7, 11) is 2.17. The molecule has 2 fully saturated rings. The normalized spacial score (nSPS) is 36.4. The van der Waals surface area contributed by atoms with Crippen molar-refractivity contribution in [2.75, 3.05) is 26.7 Å².